The van der Waals surface area contributed by atoms with Gasteiger partial charge in [0, 0.05) is 5.75 Å². The van der Waals surface area contributed by atoms with Gasteiger partial charge in [-0.1, -0.05) is 39.5 Å². The first kappa shape index (κ1) is 12.3. The van der Waals surface area contributed by atoms with E-state index in [4.69, 9.17) is 0 Å². The minimum atomic E-state index is -0.199. The number of thiol groups is 1. The summed E-state index contributed by atoms with van der Waals surface area (Å²) in [7, 11) is 0. The van der Waals surface area contributed by atoms with E-state index in [0.29, 0.717) is 11.7 Å². The van der Waals surface area contributed by atoms with Crippen molar-refractivity contribution in [2.75, 3.05) is 5.75 Å². The van der Waals surface area contributed by atoms with Gasteiger partial charge < -0.3 is 5.11 Å². The second kappa shape index (κ2) is 7.93. The Bertz CT molecular complexity index is 95.8. The van der Waals surface area contributed by atoms with Crippen LogP contribution in [0, 0.1) is 5.92 Å². The molecule has 12 heavy (non-hydrogen) atoms. The first-order chi connectivity index (χ1) is 5.74. The third-order valence-electron chi connectivity index (χ3n) is 2.36. The Morgan fingerprint density at radius 3 is 2.42 bits per heavy atom. The molecule has 0 aliphatic carbocycles. The third-order valence-corrected chi connectivity index (χ3v) is 2.78. The average molecular weight is 190 g/mol. The van der Waals surface area contributed by atoms with Crippen LogP contribution in [-0.2, 0) is 0 Å². The van der Waals surface area contributed by atoms with Crippen LogP contribution in [0.1, 0.15) is 46.0 Å². The summed E-state index contributed by atoms with van der Waals surface area (Å²) in [6.45, 7) is 4.41. The fourth-order valence-electron chi connectivity index (χ4n) is 1.44. The van der Waals surface area contributed by atoms with Gasteiger partial charge in [-0.05, 0) is 12.3 Å². The van der Waals surface area contributed by atoms with Gasteiger partial charge in [0.25, 0.3) is 0 Å². The summed E-state index contributed by atoms with van der Waals surface area (Å²) >= 11 is 4.07. The SMILES string of the molecule is CCCCC(CC)CC(O)CS. The monoisotopic (exact) mass is 190 g/mol. The van der Waals surface area contributed by atoms with Gasteiger partial charge in [0.15, 0.2) is 0 Å². The Hall–Kier alpha value is 0.310. The molecule has 0 fully saturated rings. The smallest absolute Gasteiger partial charge is 0.0630 e. The van der Waals surface area contributed by atoms with Gasteiger partial charge in [-0.15, -0.1) is 0 Å². The summed E-state index contributed by atoms with van der Waals surface area (Å²) in [5, 5.41) is 9.38. The maximum absolute atomic E-state index is 9.38. The first-order valence-electron chi connectivity index (χ1n) is 5.03. The minimum absolute atomic E-state index is 0.199. The molecular weight excluding hydrogens is 168 g/mol. The van der Waals surface area contributed by atoms with Gasteiger partial charge in [0.2, 0.25) is 0 Å². The zero-order valence-electron chi connectivity index (χ0n) is 8.29. The molecule has 0 amide bonds. The molecule has 74 valence electrons. The second-order valence-electron chi connectivity index (χ2n) is 3.49. The third kappa shape index (κ3) is 5.90. The summed E-state index contributed by atoms with van der Waals surface area (Å²) in [6, 6.07) is 0. The number of aliphatic hydroxyl groups is 1. The van der Waals surface area contributed by atoms with Crippen molar-refractivity contribution in [3.63, 3.8) is 0 Å². The lowest BCUT2D eigenvalue weighted by Gasteiger charge is -2.17. The Kier molecular flexibility index (Phi) is 8.14. The van der Waals surface area contributed by atoms with Gasteiger partial charge in [-0.3, -0.25) is 0 Å². The predicted molar refractivity (Wildman–Crippen MR) is 57.8 cm³/mol. The van der Waals surface area contributed by atoms with E-state index in [9.17, 15) is 5.11 Å². The van der Waals surface area contributed by atoms with Crippen molar-refractivity contribution in [1.82, 2.24) is 0 Å². The van der Waals surface area contributed by atoms with E-state index >= 15 is 0 Å². The van der Waals surface area contributed by atoms with E-state index in [1.54, 1.807) is 0 Å². The second-order valence-corrected chi connectivity index (χ2v) is 3.85. The molecule has 0 aliphatic rings. The van der Waals surface area contributed by atoms with Crippen LogP contribution < -0.4 is 0 Å². The molecule has 2 atom stereocenters. The quantitative estimate of drug-likeness (QED) is 0.591. The largest absolute Gasteiger partial charge is 0.392 e. The summed E-state index contributed by atoms with van der Waals surface area (Å²) < 4.78 is 0. The molecule has 0 bridgehead atoms. The molecule has 0 aromatic carbocycles. The fourth-order valence-corrected chi connectivity index (χ4v) is 1.59. The van der Waals surface area contributed by atoms with Crippen molar-refractivity contribution in [2.45, 2.75) is 52.1 Å². The van der Waals surface area contributed by atoms with Gasteiger partial charge in [-0.2, -0.15) is 12.6 Å². The molecule has 2 heteroatoms. The standard InChI is InChI=1S/C10H22OS/c1-3-5-6-9(4-2)7-10(11)8-12/h9-12H,3-8H2,1-2H3. The lowest BCUT2D eigenvalue weighted by atomic mass is 9.94. The van der Waals surface area contributed by atoms with Crippen LogP contribution in [0.3, 0.4) is 0 Å². The molecule has 0 saturated carbocycles. The number of unbranched alkanes of at least 4 members (excludes halogenated alkanes) is 1. The molecule has 0 radical (unpaired) electrons. The Labute approximate surface area is 82.0 Å². The predicted octanol–water partition coefficient (Wildman–Crippen LogP) is 2.88. The van der Waals surface area contributed by atoms with Gasteiger partial charge in [-0.25, -0.2) is 0 Å². The number of hydrogen-bond acceptors (Lipinski definition) is 2. The highest BCUT2D eigenvalue weighted by Gasteiger charge is 2.10. The van der Waals surface area contributed by atoms with Gasteiger partial charge in [0.05, 0.1) is 6.10 Å². The first-order valence-corrected chi connectivity index (χ1v) is 5.66. The van der Waals surface area contributed by atoms with Crippen molar-refractivity contribution in [2.24, 2.45) is 5.92 Å². The lowest BCUT2D eigenvalue weighted by Crippen LogP contribution is -2.14. The maximum Gasteiger partial charge on any atom is 0.0630 e. The van der Waals surface area contributed by atoms with Crippen LogP contribution in [0.15, 0.2) is 0 Å². The van der Waals surface area contributed by atoms with Crippen LogP contribution >= 0.6 is 12.6 Å². The molecule has 2 unspecified atom stereocenters. The normalized spacial score (nSPS) is 16.0. The van der Waals surface area contributed by atoms with Gasteiger partial charge in [0.1, 0.15) is 0 Å². The Morgan fingerprint density at radius 2 is 2.00 bits per heavy atom. The van der Waals surface area contributed by atoms with Crippen LogP contribution in [0.25, 0.3) is 0 Å². The number of hydrogen-bond donors (Lipinski definition) is 2. The summed E-state index contributed by atoms with van der Waals surface area (Å²) in [4.78, 5) is 0. The van der Waals surface area contributed by atoms with E-state index in [0.717, 1.165) is 6.42 Å². The van der Waals surface area contributed by atoms with Gasteiger partial charge >= 0.3 is 0 Å². The molecule has 0 rings (SSSR count). The molecule has 0 aliphatic heterocycles. The zero-order valence-corrected chi connectivity index (χ0v) is 9.19. The van der Waals surface area contributed by atoms with Crippen molar-refractivity contribution < 1.29 is 5.11 Å². The maximum atomic E-state index is 9.38. The molecule has 0 aromatic rings. The van der Waals surface area contributed by atoms with Crippen molar-refractivity contribution in [3.8, 4) is 0 Å². The highest BCUT2D eigenvalue weighted by atomic mass is 32.1. The average Bonchev–Trinajstić information content (AvgIpc) is 2.11. The Balaban J connectivity index is 3.51. The highest BCUT2D eigenvalue weighted by Crippen LogP contribution is 2.18. The molecule has 0 aromatic heterocycles. The fraction of sp³-hybridized carbons (Fsp3) is 1.00. The molecule has 1 nitrogen and oxygen atoms in total. The lowest BCUT2D eigenvalue weighted by molar-refractivity contribution is 0.159. The molecule has 0 spiro atoms. The van der Waals surface area contributed by atoms with Crippen LogP contribution in [-0.4, -0.2) is 17.0 Å². The van der Waals surface area contributed by atoms with Crippen LogP contribution in [0.5, 0.6) is 0 Å². The summed E-state index contributed by atoms with van der Waals surface area (Å²) in [6.07, 6.45) is 5.73. The van der Waals surface area contributed by atoms with Crippen LogP contribution in [0.2, 0.25) is 0 Å². The van der Waals surface area contributed by atoms with E-state index in [1.165, 1.54) is 25.7 Å². The van der Waals surface area contributed by atoms with E-state index in [1.807, 2.05) is 0 Å². The van der Waals surface area contributed by atoms with E-state index in [2.05, 4.69) is 26.5 Å². The number of rotatable bonds is 7. The molecule has 0 heterocycles. The van der Waals surface area contributed by atoms with Crippen LogP contribution in [0.4, 0.5) is 0 Å². The Morgan fingerprint density at radius 1 is 1.33 bits per heavy atom. The van der Waals surface area contributed by atoms with E-state index < -0.39 is 0 Å². The van der Waals surface area contributed by atoms with Crippen molar-refractivity contribution in [3.05, 3.63) is 0 Å². The minimum Gasteiger partial charge on any atom is -0.392 e. The highest BCUT2D eigenvalue weighted by molar-refractivity contribution is 7.80. The summed E-state index contributed by atoms with van der Waals surface area (Å²) in [5.41, 5.74) is 0. The summed E-state index contributed by atoms with van der Waals surface area (Å²) in [5.74, 6) is 1.30. The molecular formula is C10H22OS. The molecule has 1 N–H and O–H groups in total. The topological polar surface area (TPSA) is 20.2 Å². The number of aliphatic hydroxyl groups excluding tert-OH is 1. The van der Waals surface area contributed by atoms with Crippen molar-refractivity contribution >= 4 is 12.6 Å². The van der Waals surface area contributed by atoms with Crippen molar-refractivity contribution in [1.29, 1.82) is 0 Å². The zero-order chi connectivity index (χ0) is 9.40. The van der Waals surface area contributed by atoms with E-state index in [-0.39, 0.29) is 6.10 Å². The molecule has 0 saturated heterocycles.